The zero-order chi connectivity index (χ0) is 36.3. The summed E-state index contributed by atoms with van der Waals surface area (Å²) in [5.41, 5.74) is 14.3. The molecule has 0 saturated carbocycles. The van der Waals surface area contributed by atoms with E-state index in [1.54, 1.807) is 0 Å². The van der Waals surface area contributed by atoms with E-state index in [1.165, 1.54) is 38.9 Å². The monoisotopic (exact) mass is 675 g/mol. The summed E-state index contributed by atoms with van der Waals surface area (Å²) in [6.45, 7) is 16.7. The number of aryl methyl sites for hydroxylation is 1. The highest BCUT2D eigenvalue weighted by molar-refractivity contribution is 5.86. The molecule has 6 aromatic carbocycles. The molecule has 0 unspecified atom stereocenters. The maximum Gasteiger partial charge on any atom is 0.164 e. The summed E-state index contributed by atoms with van der Waals surface area (Å²) < 4.78 is 0. The topological polar surface area (TPSA) is 38.7 Å². The minimum Gasteiger partial charge on any atom is -0.208 e. The van der Waals surface area contributed by atoms with Crippen molar-refractivity contribution >= 4 is 0 Å². The van der Waals surface area contributed by atoms with Crippen LogP contribution >= 0.6 is 0 Å². The zero-order valence-electron chi connectivity index (χ0n) is 31.2. The van der Waals surface area contributed by atoms with Crippen molar-refractivity contribution in [2.24, 2.45) is 5.41 Å². The van der Waals surface area contributed by atoms with Crippen molar-refractivity contribution in [1.82, 2.24) is 15.0 Å². The van der Waals surface area contributed by atoms with Gasteiger partial charge in [-0.05, 0) is 85.9 Å². The van der Waals surface area contributed by atoms with Crippen molar-refractivity contribution in [2.45, 2.75) is 59.3 Å². The summed E-state index contributed by atoms with van der Waals surface area (Å²) in [7, 11) is 0. The predicted octanol–water partition coefficient (Wildman–Crippen LogP) is 12.8. The maximum absolute atomic E-state index is 5.09. The summed E-state index contributed by atoms with van der Waals surface area (Å²) in [5.74, 6) is 1.96. The summed E-state index contributed by atoms with van der Waals surface area (Å²) in [4.78, 5) is 15.1. The highest BCUT2D eigenvalue weighted by atomic mass is 15.0. The van der Waals surface area contributed by atoms with Crippen molar-refractivity contribution in [3.63, 3.8) is 0 Å². The molecule has 3 nitrogen and oxygen atoms in total. The molecule has 1 aliphatic rings. The lowest BCUT2D eigenvalue weighted by Gasteiger charge is -2.44. The Morgan fingerprint density at radius 2 is 0.731 bits per heavy atom. The van der Waals surface area contributed by atoms with Crippen LogP contribution in [-0.2, 0) is 10.8 Å². The van der Waals surface area contributed by atoms with Gasteiger partial charge in [0, 0.05) is 16.7 Å². The van der Waals surface area contributed by atoms with Crippen molar-refractivity contribution < 1.29 is 0 Å². The predicted molar refractivity (Wildman–Crippen MR) is 217 cm³/mol. The third kappa shape index (κ3) is 5.56. The average molecular weight is 676 g/mol. The largest absolute Gasteiger partial charge is 0.208 e. The summed E-state index contributed by atoms with van der Waals surface area (Å²) >= 11 is 0. The standard InChI is InChI=1S/C49H45N3/c1-32-21-23-34(24-22-32)40-30-42-43(48(4,5)49(6,7)47(42,2)3)31-41(40)35-25-27-37(28-26-35)45-50-44(36-17-12-9-13-18-36)51-46(52-45)39-20-14-19-38(29-39)33-15-10-8-11-16-33/h8-31H,1-7H3. The number of aromatic nitrogens is 3. The highest BCUT2D eigenvalue weighted by Gasteiger charge is 2.57. The number of fused-ring (bicyclic) bond motifs is 1. The molecule has 1 aliphatic carbocycles. The fourth-order valence-corrected chi connectivity index (χ4v) is 7.92. The highest BCUT2D eigenvalue weighted by Crippen LogP contribution is 2.62. The van der Waals surface area contributed by atoms with Crippen LogP contribution in [0.25, 0.3) is 67.5 Å². The first kappa shape index (κ1) is 33.5. The van der Waals surface area contributed by atoms with E-state index >= 15 is 0 Å². The average Bonchev–Trinajstić information content (AvgIpc) is 3.28. The van der Waals surface area contributed by atoms with Crippen molar-refractivity contribution in [3.8, 4) is 67.5 Å². The van der Waals surface area contributed by atoms with Gasteiger partial charge in [-0.15, -0.1) is 0 Å². The minimum atomic E-state index is -0.000731. The molecule has 0 saturated heterocycles. The Hall–Kier alpha value is -5.67. The molecular formula is C49H45N3. The number of hydrogen-bond donors (Lipinski definition) is 0. The molecule has 0 fully saturated rings. The van der Waals surface area contributed by atoms with Crippen LogP contribution in [0.1, 0.15) is 58.2 Å². The van der Waals surface area contributed by atoms with Crippen molar-refractivity contribution in [3.05, 3.63) is 162 Å². The lowest BCUT2D eigenvalue weighted by molar-refractivity contribution is 0.125. The molecule has 0 N–H and O–H groups in total. The molecule has 0 radical (unpaired) electrons. The fraction of sp³-hybridized carbons (Fsp3) is 0.204. The van der Waals surface area contributed by atoms with E-state index in [1.807, 2.05) is 24.3 Å². The van der Waals surface area contributed by atoms with Crippen LogP contribution in [-0.4, -0.2) is 15.0 Å². The van der Waals surface area contributed by atoms with Crippen molar-refractivity contribution in [1.29, 1.82) is 0 Å². The van der Waals surface area contributed by atoms with Gasteiger partial charge in [0.15, 0.2) is 17.5 Å². The van der Waals surface area contributed by atoms with Gasteiger partial charge < -0.3 is 0 Å². The van der Waals surface area contributed by atoms with Gasteiger partial charge in [-0.1, -0.05) is 174 Å². The second-order valence-corrected chi connectivity index (χ2v) is 15.9. The normalized spacial score (nSPS) is 15.3. The first-order valence-corrected chi connectivity index (χ1v) is 18.3. The molecule has 0 bridgehead atoms. The van der Waals surface area contributed by atoms with Gasteiger partial charge in [0.2, 0.25) is 0 Å². The Labute approximate surface area is 308 Å². The Morgan fingerprint density at radius 1 is 0.346 bits per heavy atom. The third-order valence-electron chi connectivity index (χ3n) is 12.3. The molecule has 0 spiro atoms. The SMILES string of the molecule is Cc1ccc(-c2cc3c(cc2-c2ccc(-c4nc(-c5ccccc5)nc(-c5cccc(-c6ccccc6)c5)n4)cc2)C(C)(C)C(C)(C)C3(C)C)cc1. The van der Waals surface area contributed by atoms with E-state index in [4.69, 9.17) is 15.0 Å². The number of nitrogens with zero attached hydrogens (tertiary/aromatic N) is 3. The van der Waals surface area contributed by atoms with E-state index in [2.05, 4.69) is 170 Å². The summed E-state index contributed by atoms with van der Waals surface area (Å²) in [6.07, 6.45) is 0. The van der Waals surface area contributed by atoms with Crippen molar-refractivity contribution in [2.75, 3.05) is 0 Å². The van der Waals surface area contributed by atoms with Crippen LogP contribution in [0, 0.1) is 12.3 Å². The Bertz CT molecular complexity index is 2400. The zero-order valence-corrected chi connectivity index (χ0v) is 31.2. The van der Waals surface area contributed by atoms with Crippen LogP contribution < -0.4 is 0 Å². The van der Waals surface area contributed by atoms with Crippen LogP contribution in [0.2, 0.25) is 0 Å². The molecule has 3 heteroatoms. The summed E-state index contributed by atoms with van der Waals surface area (Å²) in [6, 6.07) is 51.7. The van der Waals surface area contributed by atoms with E-state index < -0.39 is 0 Å². The number of hydrogen-bond acceptors (Lipinski definition) is 3. The molecule has 1 heterocycles. The second-order valence-electron chi connectivity index (χ2n) is 15.9. The van der Waals surface area contributed by atoms with Gasteiger partial charge in [-0.3, -0.25) is 0 Å². The lowest BCUT2D eigenvalue weighted by Crippen LogP contribution is -2.42. The van der Waals surface area contributed by atoms with E-state index in [9.17, 15) is 0 Å². The molecule has 0 aliphatic heterocycles. The van der Waals surface area contributed by atoms with E-state index in [0.29, 0.717) is 17.5 Å². The molecule has 52 heavy (non-hydrogen) atoms. The molecule has 0 atom stereocenters. The van der Waals surface area contributed by atoms with Crippen LogP contribution in [0.15, 0.2) is 146 Å². The molecule has 1 aromatic heterocycles. The van der Waals surface area contributed by atoms with Gasteiger partial charge in [0.05, 0.1) is 0 Å². The first-order valence-electron chi connectivity index (χ1n) is 18.3. The van der Waals surface area contributed by atoms with Crippen LogP contribution in [0.5, 0.6) is 0 Å². The van der Waals surface area contributed by atoms with E-state index in [0.717, 1.165) is 27.8 Å². The van der Waals surface area contributed by atoms with Gasteiger partial charge in [-0.2, -0.15) is 0 Å². The third-order valence-corrected chi connectivity index (χ3v) is 12.3. The number of rotatable bonds is 6. The van der Waals surface area contributed by atoms with Crippen LogP contribution in [0.4, 0.5) is 0 Å². The van der Waals surface area contributed by atoms with Gasteiger partial charge in [0.25, 0.3) is 0 Å². The van der Waals surface area contributed by atoms with Gasteiger partial charge in [-0.25, -0.2) is 15.0 Å². The maximum atomic E-state index is 5.09. The summed E-state index contributed by atoms with van der Waals surface area (Å²) in [5, 5.41) is 0. The molecule has 0 amide bonds. The lowest BCUT2D eigenvalue weighted by atomic mass is 9.59. The number of benzene rings is 6. The molecular weight excluding hydrogens is 631 g/mol. The van der Waals surface area contributed by atoms with Gasteiger partial charge in [0.1, 0.15) is 0 Å². The Kier molecular flexibility index (Phi) is 8.06. The van der Waals surface area contributed by atoms with E-state index in [-0.39, 0.29) is 16.2 Å². The molecule has 7 aromatic rings. The smallest absolute Gasteiger partial charge is 0.164 e. The second kappa shape index (κ2) is 12.5. The quantitative estimate of drug-likeness (QED) is 0.176. The fourth-order valence-electron chi connectivity index (χ4n) is 7.92. The molecule has 8 rings (SSSR count). The Balaban J connectivity index is 1.25. The van der Waals surface area contributed by atoms with Crippen LogP contribution in [0.3, 0.4) is 0 Å². The van der Waals surface area contributed by atoms with Gasteiger partial charge >= 0.3 is 0 Å². The Morgan fingerprint density at radius 3 is 1.25 bits per heavy atom. The molecule has 256 valence electrons. The first-order chi connectivity index (χ1) is 24.9. The minimum absolute atomic E-state index is 0.000731.